The quantitative estimate of drug-likeness (QED) is 0.871. The van der Waals surface area contributed by atoms with Crippen molar-refractivity contribution in [3.05, 3.63) is 36.2 Å². The number of nitrogens with zero attached hydrogens (tertiary/aromatic N) is 3. The Kier molecular flexibility index (Phi) is 3.85. The van der Waals surface area contributed by atoms with Crippen molar-refractivity contribution < 1.29 is 9.32 Å². The minimum absolute atomic E-state index is 0.309. The summed E-state index contributed by atoms with van der Waals surface area (Å²) in [5.74, 6) is 2.42. The Morgan fingerprint density at radius 1 is 1.22 bits per heavy atom. The van der Waals surface area contributed by atoms with Crippen molar-refractivity contribution >= 4 is 5.91 Å². The maximum absolute atomic E-state index is 12.2. The number of rotatable bonds is 4. The Hall–Kier alpha value is -2.17. The third kappa shape index (κ3) is 3.28. The molecule has 5 nitrogen and oxygen atoms in total. The van der Waals surface area contributed by atoms with Crippen LogP contribution in [0.15, 0.2) is 34.9 Å². The number of likely N-dealkylation sites (tertiary alicyclic amines) is 1. The van der Waals surface area contributed by atoms with Crippen LogP contribution in [0.2, 0.25) is 0 Å². The molecule has 0 bridgehead atoms. The molecule has 120 valence electrons. The Labute approximate surface area is 135 Å². The van der Waals surface area contributed by atoms with E-state index in [4.69, 9.17) is 4.52 Å². The van der Waals surface area contributed by atoms with E-state index in [2.05, 4.69) is 10.1 Å². The number of piperidine rings is 1. The van der Waals surface area contributed by atoms with Gasteiger partial charge in [-0.05, 0) is 43.7 Å². The normalized spacial score (nSPS) is 21.4. The highest BCUT2D eigenvalue weighted by molar-refractivity contribution is 5.81. The van der Waals surface area contributed by atoms with Gasteiger partial charge in [-0.1, -0.05) is 23.4 Å². The standard InChI is InChI=1S/C18H21N3O2/c22-18(15-8-9-15)21-10-4-5-13(12-21)11-16-19-17(23-20-16)14-6-2-1-3-7-14/h1-3,6-7,13,15H,4-5,8-12H2. The third-order valence-corrected chi connectivity index (χ3v) is 4.72. The molecule has 0 radical (unpaired) electrons. The molecule has 2 aliphatic rings. The average Bonchev–Trinajstić information content (AvgIpc) is 3.35. The van der Waals surface area contributed by atoms with Crippen LogP contribution in [0.5, 0.6) is 0 Å². The summed E-state index contributed by atoms with van der Waals surface area (Å²) < 4.78 is 5.37. The smallest absolute Gasteiger partial charge is 0.257 e. The first-order valence-electron chi connectivity index (χ1n) is 8.46. The molecule has 1 amide bonds. The molecule has 1 atom stereocenters. The van der Waals surface area contributed by atoms with Crippen LogP contribution in [0.3, 0.4) is 0 Å². The van der Waals surface area contributed by atoms with Gasteiger partial charge in [0.05, 0.1) is 0 Å². The summed E-state index contributed by atoms with van der Waals surface area (Å²) in [6.45, 7) is 1.75. The van der Waals surface area contributed by atoms with Gasteiger partial charge in [-0.15, -0.1) is 0 Å². The number of hydrogen-bond donors (Lipinski definition) is 0. The lowest BCUT2D eigenvalue weighted by Crippen LogP contribution is -2.41. The highest BCUT2D eigenvalue weighted by atomic mass is 16.5. The molecule has 2 heterocycles. The molecule has 1 aromatic carbocycles. The second-order valence-electron chi connectivity index (χ2n) is 6.65. The number of amides is 1. The number of aromatic nitrogens is 2. The van der Waals surface area contributed by atoms with Crippen molar-refractivity contribution in [2.45, 2.75) is 32.1 Å². The van der Waals surface area contributed by atoms with Gasteiger partial charge in [-0.3, -0.25) is 4.79 Å². The van der Waals surface area contributed by atoms with Crippen LogP contribution in [0.1, 0.15) is 31.5 Å². The zero-order chi connectivity index (χ0) is 15.6. The average molecular weight is 311 g/mol. The van der Waals surface area contributed by atoms with Crippen LogP contribution < -0.4 is 0 Å². The van der Waals surface area contributed by atoms with Crippen molar-refractivity contribution in [3.8, 4) is 11.5 Å². The number of carbonyl (C=O) groups excluding carboxylic acids is 1. The van der Waals surface area contributed by atoms with Crippen molar-refractivity contribution in [2.75, 3.05) is 13.1 Å². The van der Waals surface area contributed by atoms with Crippen molar-refractivity contribution in [2.24, 2.45) is 11.8 Å². The lowest BCUT2D eigenvalue weighted by Gasteiger charge is -2.32. The number of carbonyl (C=O) groups is 1. The summed E-state index contributed by atoms with van der Waals surface area (Å²) in [6, 6.07) is 9.82. The molecule has 1 aliphatic heterocycles. The molecule has 1 saturated heterocycles. The van der Waals surface area contributed by atoms with Crippen LogP contribution in [-0.2, 0) is 11.2 Å². The fraction of sp³-hybridized carbons (Fsp3) is 0.500. The lowest BCUT2D eigenvalue weighted by molar-refractivity contribution is -0.134. The van der Waals surface area contributed by atoms with Gasteiger partial charge < -0.3 is 9.42 Å². The first-order chi connectivity index (χ1) is 11.3. The van der Waals surface area contributed by atoms with E-state index >= 15 is 0 Å². The summed E-state index contributed by atoms with van der Waals surface area (Å²) >= 11 is 0. The zero-order valence-corrected chi connectivity index (χ0v) is 13.1. The predicted octanol–water partition coefficient (Wildman–Crippen LogP) is 2.93. The van der Waals surface area contributed by atoms with Gasteiger partial charge >= 0.3 is 0 Å². The third-order valence-electron chi connectivity index (χ3n) is 4.72. The van der Waals surface area contributed by atoms with Crippen molar-refractivity contribution in [1.82, 2.24) is 15.0 Å². The van der Waals surface area contributed by atoms with Crippen LogP contribution >= 0.6 is 0 Å². The predicted molar refractivity (Wildman–Crippen MR) is 85.5 cm³/mol. The maximum atomic E-state index is 12.2. The fourth-order valence-corrected chi connectivity index (χ4v) is 3.31. The number of hydrogen-bond acceptors (Lipinski definition) is 4. The summed E-state index contributed by atoms with van der Waals surface area (Å²) in [5, 5.41) is 4.11. The van der Waals surface area contributed by atoms with E-state index in [9.17, 15) is 4.79 Å². The lowest BCUT2D eigenvalue weighted by atomic mass is 9.94. The fourth-order valence-electron chi connectivity index (χ4n) is 3.31. The summed E-state index contributed by atoms with van der Waals surface area (Å²) in [7, 11) is 0. The summed E-state index contributed by atoms with van der Waals surface area (Å²) in [6.07, 6.45) is 5.14. The second kappa shape index (κ2) is 6.14. The highest BCUT2D eigenvalue weighted by Crippen LogP contribution is 2.33. The van der Waals surface area contributed by atoms with Gasteiger partial charge in [0.15, 0.2) is 5.82 Å². The molecule has 0 spiro atoms. The molecule has 2 fully saturated rings. The Morgan fingerprint density at radius 2 is 2.04 bits per heavy atom. The minimum Gasteiger partial charge on any atom is -0.342 e. The first-order valence-corrected chi connectivity index (χ1v) is 8.46. The van der Waals surface area contributed by atoms with E-state index < -0.39 is 0 Å². The Morgan fingerprint density at radius 3 is 2.83 bits per heavy atom. The van der Waals surface area contributed by atoms with Crippen molar-refractivity contribution in [1.29, 1.82) is 0 Å². The molecule has 4 rings (SSSR count). The molecule has 1 aliphatic carbocycles. The molecular formula is C18H21N3O2. The molecule has 5 heteroatoms. The molecule has 1 saturated carbocycles. The van der Waals surface area contributed by atoms with E-state index in [1.165, 1.54) is 0 Å². The molecule has 1 aromatic heterocycles. The van der Waals surface area contributed by atoms with Gasteiger partial charge in [0, 0.05) is 31.0 Å². The number of benzene rings is 1. The van der Waals surface area contributed by atoms with Crippen molar-refractivity contribution in [3.63, 3.8) is 0 Å². The van der Waals surface area contributed by atoms with E-state index in [0.29, 0.717) is 23.6 Å². The van der Waals surface area contributed by atoms with Gasteiger partial charge in [0.1, 0.15) is 0 Å². The molecular weight excluding hydrogens is 290 g/mol. The minimum atomic E-state index is 0.309. The Balaban J connectivity index is 1.40. The SMILES string of the molecule is O=C(C1CC1)N1CCCC(Cc2noc(-c3ccccc3)n2)C1. The van der Waals surface area contributed by atoms with Crippen LogP contribution in [0, 0.1) is 11.8 Å². The van der Waals surface area contributed by atoms with E-state index in [0.717, 1.165) is 56.6 Å². The monoisotopic (exact) mass is 311 g/mol. The van der Waals surface area contributed by atoms with Crippen LogP contribution in [-0.4, -0.2) is 34.0 Å². The summed E-state index contributed by atoms with van der Waals surface area (Å²) in [4.78, 5) is 18.8. The van der Waals surface area contributed by atoms with E-state index in [-0.39, 0.29) is 0 Å². The Bertz CT molecular complexity index is 679. The van der Waals surface area contributed by atoms with Gasteiger partial charge in [0.25, 0.3) is 5.89 Å². The molecule has 1 unspecified atom stereocenters. The van der Waals surface area contributed by atoms with Crippen LogP contribution in [0.25, 0.3) is 11.5 Å². The molecule has 2 aromatic rings. The topological polar surface area (TPSA) is 59.2 Å². The maximum Gasteiger partial charge on any atom is 0.257 e. The second-order valence-corrected chi connectivity index (χ2v) is 6.65. The van der Waals surface area contributed by atoms with Crippen LogP contribution in [0.4, 0.5) is 0 Å². The van der Waals surface area contributed by atoms with Gasteiger partial charge in [0.2, 0.25) is 5.91 Å². The van der Waals surface area contributed by atoms with E-state index in [1.54, 1.807) is 0 Å². The van der Waals surface area contributed by atoms with Gasteiger partial charge in [-0.25, -0.2) is 0 Å². The molecule has 23 heavy (non-hydrogen) atoms. The zero-order valence-electron chi connectivity index (χ0n) is 13.1. The highest BCUT2D eigenvalue weighted by Gasteiger charge is 2.35. The first kappa shape index (κ1) is 14.4. The largest absolute Gasteiger partial charge is 0.342 e. The molecule has 0 N–H and O–H groups in total. The van der Waals surface area contributed by atoms with Gasteiger partial charge in [-0.2, -0.15) is 4.98 Å². The van der Waals surface area contributed by atoms with E-state index in [1.807, 2.05) is 35.2 Å². The summed E-state index contributed by atoms with van der Waals surface area (Å²) in [5.41, 5.74) is 0.945.